The molecule has 0 saturated carbocycles. The van der Waals surface area contributed by atoms with Crippen LogP contribution in [-0.4, -0.2) is 17.5 Å². The van der Waals surface area contributed by atoms with E-state index in [4.69, 9.17) is 24.1 Å². The van der Waals surface area contributed by atoms with Gasteiger partial charge in [0.15, 0.2) is 0 Å². The maximum absolute atomic E-state index is 8.74. The van der Waals surface area contributed by atoms with Crippen molar-refractivity contribution in [3.05, 3.63) is 12.7 Å². The fraction of sp³-hybridized carbons (Fsp3) is 0.857. The van der Waals surface area contributed by atoms with Crippen LogP contribution >= 0.6 is 0 Å². The van der Waals surface area contributed by atoms with Gasteiger partial charge in [-0.05, 0) is 0 Å². The Hall–Kier alpha value is 0.610. The summed E-state index contributed by atoms with van der Waals surface area (Å²) in [6.45, 7) is 7.58. The fourth-order valence-corrected chi connectivity index (χ4v) is 1.75. The summed E-state index contributed by atoms with van der Waals surface area (Å²) in [6.07, 6.45) is 16.9. The molecule has 6 heteroatoms. The van der Waals surface area contributed by atoms with Gasteiger partial charge in [-0.25, -0.2) is 0 Å². The van der Waals surface area contributed by atoms with Crippen molar-refractivity contribution in [2.75, 3.05) is 0 Å². The molecule has 0 radical (unpaired) electrons. The van der Waals surface area contributed by atoms with Crippen molar-refractivity contribution < 1.29 is 47.1 Å². The molecule has 0 bridgehead atoms. The Kier molecular flexibility index (Phi) is 25.1. The summed E-state index contributed by atoms with van der Waals surface area (Å²) >= 11 is 0. The van der Waals surface area contributed by atoms with Gasteiger partial charge in [0, 0.05) is 0 Å². The molecule has 116 valence electrons. The molecule has 20 heavy (non-hydrogen) atoms. The van der Waals surface area contributed by atoms with Gasteiger partial charge in [0.1, 0.15) is 0 Å². The van der Waals surface area contributed by atoms with Crippen LogP contribution in [0.5, 0.6) is 0 Å². The van der Waals surface area contributed by atoms with Gasteiger partial charge in [-0.2, -0.15) is 8.42 Å². The molecule has 0 aromatic rings. The van der Waals surface area contributed by atoms with E-state index in [2.05, 4.69) is 6.92 Å². The van der Waals surface area contributed by atoms with Crippen molar-refractivity contribution in [2.24, 2.45) is 0 Å². The molecule has 0 aromatic carbocycles. The number of hydrogen-bond donors (Lipinski definition) is 2. The Morgan fingerprint density at radius 1 is 0.850 bits per heavy atom. The van der Waals surface area contributed by atoms with Crippen LogP contribution in [0.4, 0.5) is 0 Å². The first-order valence-electron chi connectivity index (χ1n) is 7.15. The maximum Gasteiger partial charge on any atom is 1.00 e. The van der Waals surface area contributed by atoms with Crippen LogP contribution in [-0.2, 0) is 10.4 Å². The summed E-state index contributed by atoms with van der Waals surface area (Å²) in [6, 6.07) is 0. The summed E-state index contributed by atoms with van der Waals surface area (Å²) in [7, 11) is -4.67. The van der Waals surface area contributed by atoms with E-state index < -0.39 is 10.4 Å². The van der Waals surface area contributed by atoms with E-state index in [1.54, 1.807) is 6.08 Å². The minimum absolute atomic E-state index is 0. The van der Waals surface area contributed by atoms with Gasteiger partial charge < -0.3 is 6.58 Å². The average molecular weight is 316 g/mol. The molecule has 0 saturated heterocycles. The van der Waals surface area contributed by atoms with Crippen molar-refractivity contribution in [1.29, 1.82) is 0 Å². The Labute approximate surface area is 147 Å². The van der Waals surface area contributed by atoms with Crippen molar-refractivity contribution in [3.8, 4) is 0 Å². The van der Waals surface area contributed by atoms with E-state index in [0.717, 1.165) is 6.42 Å². The zero-order valence-electron chi connectivity index (χ0n) is 13.1. The molecular formula is C14H29NaO4S. The third-order valence-corrected chi connectivity index (χ3v) is 2.72. The van der Waals surface area contributed by atoms with Crippen LogP contribution in [0.15, 0.2) is 6.08 Å². The molecule has 0 unspecified atom stereocenters. The monoisotopic (exact) mass is 316 g/mol. The molecule has 0 atom stereocenters. The van der Waals surface area contributed by atoms with Crippen LogP contribution in [0.25, 0.3) is 0 Å². The number of hydrogen-bond acceptors (Lipinski definition) is 2. The molecule has 0 amide bonds. The zero-order valence-corrected chi connectivity index (χ0v) is 15.9. The van der Waals surface area contributed by atoms with E-state index >= 15 is 0 Å². The van der Waals surface area contributed by atoms with Crippen molar-refractivity contribution in [1.82, 2.24) is 0 Å². The second kappa shape index (κ2) is 19.6. The maximum atomic E-state index is 8.74. The normalized spacial score (nSPS) is 10.2. The van der Waals surface area contributed by atoms with E-state index in [1.165, 1.54) is 64.2 Å². The molecule has 4 nitrogen and oxygen atoms in total. The van der Waals surface area contributed by atoms with Crippen LogP contribution in [0.3, 0.4) is 0 Å². The van der Waals surface area contributed by atoms with Gasteiger partial charge >= 0.3 is 40.0 Å². The van der Waals surface area contributed by atoms with Gasteiger partial charge in [0.05, 0.1) is 0 Å². The molecule has 0 aliphatic heterocycles. The largest absolute Gasteiger partial charge is 1.00 e. The number of allylic oxidation sites excluding steroid dienone is 1. The summed E-state index contributed by atoms with van der Waals surface area (Å²) in [5, 5.41) is 0. The van der Waals surface area contributed by atoms with Crippen LogP contribution in [0, 0.1) is 6.58 Å². The molecule has 0 rings (SSSR count). The van der Waals surface area contributed by atoms with Crippen molar-refractivity contribution in [2.45, 2.75) is 77.6 Å². The van der Waals surface area contributed by atoms with E-state index in [0.29, 0.717) is 0 Å². The first-order chi connectivity index (χ1) is 8.91. The van der Waals surface area contributed by atoms with Crippen molar-refractivity contribution in [3.63, 3.8) is 0 Å². The van der Waals surface area contributed by atoms with E-state index in [-0.39, 0.29) is 29.6 Å². The molecule has 0 spiro atoms. The summed E-state index contributed by atoms with van der Waals surface area (Å²) in [5.74, 6) is 0. The van der Waals surface area contributed by atoms with Crippen LogP contribution in [0.2, 0.25) is 0 Å². The van der Waals surface area contributed by atoms with Gasteiger partial charge in [-0.3, -0.25) is 15.2 Å². The predicted octanol–water partition coefficient (Wildman–Crippen LogP) is 1.64. The second-order valence-electron chi connectivity index (χ2n) is 4.65. The number of rotatable bonds is 11. The van der Waals surface area contributed by atoms with E-state index in [9.17, 15) is 0 Å². The van der Waals surface area contributed by atoms with Gasteiger partial charge in [-0.15, -0.1) is 0 Å². The minimum atomic E-state index is -4.67. The molecule has 0 aromatic heterocycles. The summed E-state index contributed by atoms with van der Waals surface area (Å²) < 4.78 is 31.6. The molecule has 0 heterocycles. The Bertz CT molecular complexity index is 271. The predicted molar refractivity (Wildman–Crippen MR) is 79.5 cm³/mol. The first-order valence-corrected chi connectivity index (χ1v) is 8.54. The minimum Gasteiger partial charge on any atom is -0.518 e. The summed E-state index contributed by atoms with van der Waals surface area (Å²) in [5.41, 5.74) is 0. The Balaban J connectivity index is -0.000000414. The van der Waals surface area contributed by atoms with Crippen molar-refractivity contribution >= 4 is 10.4 Å². The first kappa shape index (κ1) is 25.6. The fourth-order valence-electron chi connectivity index (χ4n) is 1.75. The molecule has 0 aliphatic rings. The summed E-state index contributed by atoms with van der Waals surface area (Å²) in [4.78, 5) is 0. The van der Waals surface area contributed by atoms with Crippen LogP contribution < -0.4 is 29.6 Å². The van der Waals surface area contributed by atoms with E-state index in [1.807, 2.05) is 0 Å². The molecular weight excluding hydrogens is 287 g/mol. The average Bonchev–Trinajstić information content (AvgIpc) is 2.29. The van der Waals surface area contributed by atoms with Gasteiger partial charge in [0.2, 0.25) is 0 Å². The topological polar surface area (TPSA) is 74.6 Å². The quantitative estimate of drug-likeness (QED) is 0.263. The smallest absolute Gasteiger partial charge is 0.518 e. The molecule has 0 aliphatic carbocycles. The van der Waals surface area contributed by atoms with Crippen LogP contribution in [0.1, 0.15) is 77.6 Å². The standard InChI is InChI=1S/C14H27.Na.H2O4S/c1-3-5-7-9-11-13-14-12-10-8-6-4-2;;1-5(2,3)4/h1,3H,4-14H2,2H3;;(H2,1,2,3,4)/q-1;+1;. The SMILES string of the molecule is O=S(=O)(O)O.[CH-]=CCCCCCCCCCCCC.[Na+]. The Morgan fingerprint density at radius 3 is 1.45 bits per heavy atom. The zero-order chi connectivity index (χ0) is 15.0. The number of unbranched alkanes of at least 4 members (excludes halogenated alkanes) is 10. The molecule has 2 N–H and O–H groups in total. The Morgan fingerprint density at radius 2 is 1.15 bits per heavy atom. The second-order valence-corrected chi connectivity index (χ2v) is 5.55. The third kappa shape index (κ3) is 42.8. The van der Waals surface area contributed by atoms with Gasteiger partial charge in [-0.1, -0.05) is 77.6 Å². The molecule has 0 fully saturated rings. The third-order valence-electron chi connectivity index (χ3n) is 2.72. The van der Waals surface area contributed by atoms with Gasteiger partial charge in [0.25, 0.3) is 0 Å².